The van der Waals surface area contributed by atoms with Crippen molar-refractivity contribution in [1.82, 2.24) is 0 Å². The van der Waals surface area contributed by atoms with Crippen LogP contribution in [0.15, 0.2) is 0 Å². The van der Waals surface area contributed by atoms with Crippen molar-refractivity contribution in [1.29, 1.82) is 10.5 Å². The van der Waals surface area contributed by atoms with Gasteiger partial charge in [0.1, 0.15) is 24.7 Å². The molecule has 0 spiro atoms. The highest BCUT2D eigenvalue weighted by Gasteiger charge is 2.47. The fraction of sp³-hybridized carbons (Fsp3) is 0.800. The van der Waals surface area contributed by atoms with Gasteiger partial charge in [0.05, 0.1) is 18.1 Å². The second kappa shape index (κ2) is 5.16. The largest absolute Gasteiger partial charge is 0.244 e. The lowest BCUT2D eigenvalue weighted by Gasteiger charge is -2.21. The first-order valence-corrected chi connectivity index (χ1v) is 4.85. The van der Waals surface area contributed by atoms with Crippen molar-refractivity contribution in [3.63, 3.8) is 0 Å². The van der Waals surface area contributed by atoms with E-state index in [0.29, 0.717) is 0 Å². The van der Waals surface area contributed by atoms with Gasteiger partial charge in [-0.15, -0.1) is 0 Å². The molecular weight excluding hydrogens is 224 g/mol. The van der Waals surface area contributed by atoms with Gasteiger partial charge in [-0.1, -0.05) is 0 Å². The first-order valence-electron chi connectivity index (χ1n) is 4.85. The molecule has 6 heteroatoms. The minimum Gasteiger partial charge on any atom is -0.244 e. The number of hydrogen-bond acceptors (Lipinski definition) is 2. The Bertz CT molecular complexity index is 322. The Morgan fingerprint density at radius 2 is 1.62 bits per heavy atom. The van der Waals surface area contributed by atoms with Crippen LogP contribution >= 0.6 is 0 Å². The van der Waals surface area contributed by atoms with Gasteiger partial charge in [0.15, 0.2) is 0 Å². The smallest absolute Gasteiger partial charge is 0.147 e. The minimum absolute atomic E-state index is 0.596. The van der Waals surface area contributed by atoms with Crippen LogP contribution in [0.3, 0.4) is 0 Å². The summed E-state index contributed by atoms with van der Waals surface area (Å²) >= 11 is 0. The van der Waals surface area contributed by atoms with Crippen molar-refractivity contribution < 1.29 is 17.6 Å². The molecule has 0 saturated heterocycles. The monoisotopic (exact) mass is 234 g/mol. The number of nitriles is 2. The average molecular weight is 234 g/mol. The van der Waals surface area contributed by atoms with E-state index in [2.05, 4.69) is 0 Å². The van der Waals surface area contributed by atoms with Crippen LogP contribution in [0.25, 0.3) is 0 Å². The molecule has 88 valence electrons. The molecule has 1 fully saturated rings. The fourth-order valence-electron chi connectivity index (χ4n) is 1.86. The Kier molecular flexibility index (Phi) is 4.12. The molecule has 2 nitrogen and oxygen atoms in total. The third-order valence-electron chi connectivity index (χ3n) is 2.82. The van der Waals surface area contributed by atoms with Crippen molar-refractivity contribution in [2.24, 2.45) is 11.8 Å². The molecule has 1 aliphatic rings. The van der Waals surface area contributed by atoms with E-state index in [1.54, 1.807) is 0 Å². The van der Waals surface area contributed by atoms with Crippen LogP contribution in [0.2, 0.25) is 0 Å². The molecule has 0 aromatic heterocycles. The SMILES string of the molecule is N#CC[C@H]1[C@@H](F)[C@@H](F)C(C#N)C[C@@H](F)[C@H]1F. The summed E-state index contributed by atoms with van der Waals surface area (Å²) in [7, 11) is 0. The van der Waals surface area contributed by atoms with Crippen molar-refractivity contribution in [3.8, 4) is 12.1 Å². The van der Waals surface area contributed by atoms with E-state index in [1.165, 1.54) is 12.1 Å². The highest BCUT2D eigenvalue weighted by molar-refractivity contribution is 5.03. The molecule has 16 heavy (non-hydrogen) atoms. The maximum Gasteiger partial charge on any atom is 0.147 e. The highest BCUT2D eigenvalue weighted by Crippen LogP contribution is 2.36. The van der Waals surface area contributed by atoms with Crippen LogP contribution in [-0.2, 0) is 0 Å². The molecule has 1 unspecified atom stereocenters. The summed E-state index contributed by atoms with van der Waals surface area (Å²) in [5, 5.41) is 16.9. The van der Waals surface area contributed by atoms with Crippen LogP contribution in [0.5, 0.6) is 0 Å². The van der Waals surface area contributed by atoms with Crippen LogP contribution in [0.4, 0.5) is 17.6 Å². The summed E-state index contributed by atoms with van der Waals surface area (Å²) in [6.45, 7) is 0. The molecule has 0 aliphatic heterocycles. The normalized spacial score (nSPS) is 44.1. The Morgan fingerprint density at radius 3 is 2.12 bits per heavy atom. The van der Waals surface area contributed by atoms with Gasteiger partial charge in [0, 0.05) is 18.8 Å². The molecule has 0 aromatic carbocycles. The van der Waals surface area contributed by atoms with E-state index in [1.807, 2.05) is 0 Å². The first kappa shape index (κ1) is 12.8. The van der Waals surface area contributed by atoms with Gasteiger partial charge in [0.25, 0.3) is 0 Å². The molecular formula is C10H10F4N2. The van der Waals surface area contributed by atoms with Crippen molar-refractivity contribution >= 4 is 0 Å². The van der Waals surface area contributed by atoms with Gasteiger partial charge < -0.3 is 0 Å². The fourth-order valence-corrected chi connectivity index (χ4v) is 1.86. The number of alkyl halides is 4. The summed E-state index contributed by atoms with van der Waals surface area (Å²) in [6.07, 6.45) is -10.1. The van der Waals surface area contributed by atoms with Crippen molar-refractivity contribution in [3.05, 3.63) is 0 Å². The lowest BCUT2D eigenvalue weighted by Crippen LogP contribution is -2.34. The molecule has 0 radical (unpaired) electrons. The van der Waals surface area contributed by atoms with Crippen LogP contribution in [-0.4, -0.2) is 24.7 Å². The van der Waals surface area contributed by atoms with Crippen LogP contribution in [0, 0.1) is 34.5 Å². The molecule has 1 aliphatic carbocycles. The molecule has 6 atom stereocenters. The van der Waals surface area contributed by atoms with E-state index >= 15 is 0 Å². The summed E-state index contributed by atoms with van der Waals surface area (Å²) < 4.78 is 53.5. The summed E-state index contributed by atoms with van der Waals surface area (Å²) in [5.74, 6) is -3.12. The molecule has 0 heterocycles. The molecule has 1 saturated carbocycles. The topological polar surface area (TPSA) is 47.6 Å². The third-order valence-corrected chi connectivity index (χ3v) is 2.82. The van der Waals surface area contributed by atoms with Crippen molar-refractivity contribution in [2.75, 3.05) is 0 Å². The van der Waals surface area contributed by atoms with E-state index in [9.17, 15) is 17.6 Å². The van der Waals surface area contributed by atoms with E-state index < -0.39 is 49.4 Å². The molecule has 0 bridgehead atoms. The third kappa shape index (κ3) is 2.27. The van der Waals surface area contributed by atoms with Crippen LogP contribution in [0.1, 0.15) is 12.8 Å². The highest BCUT2D eigenvalue weighted by atomic mass is 19.2. The second-order valence-corrected chi connectivity index (χ2v) is 3.85. The molecule has 0 N–H and O–H groups in total. The summed E-state index contributed by atoms with van der Waals surface area (Å²) in [4.78, 5) is 0. The molecule has 1 rings (SSSR count). The minimum atomic E-state index is -2.31. The van der Waals surface area contributed by atoms with Gasteiger partial charge in [-0.2, -0.15) is 10.5 Å². The van der Waals surface area contributed by atoms with Gasteiger partial charge >= 0.3 is 0 Å². The Labute approximate surface area is 90.5 Å². The van der Waals surface area contributed by atoms with Crippen LogP contribution < -0.4 is 0 Å². The predicted molar refractivity (Wildman–Crippen MR) is 47.0 cm³/mol. The number of halogens is 4. The number of hydrogen-bond donors (Lipinski definition) is 0. The summed E-state index contributed by atoms with van der Waals surface area (Å²) in [5.41, 5.74) is 0. The summed E-state index contributed by atoms with van der Waals surface area (Å²) in [6, 6.07) is 2.94. The number of rotatable bonds is 1. The number of nitrogens with zero attached hydrogens (tertiary/aromatic N) is 2. The Hall–Kier alpha value is -1.30. The predicted octanol–water partition coefficient (Wildman–Crippen LogP) is 2.41. The van der Waals surface area contributed by atoms with E-state index in [0.717, 1.165) is 0 Å². The van der Waals surface area contributed by atoms with Gasteiger partial charge in [-0.25, -0.2) is 17.6 Å². The van der Waals surface area contributed by atoms with E-state index in [4.69, 9.17) is 10.5 Å². The lowest BCUT2D eigenvalue weighted by atomic mass is 9.91. The van der Waals surface area contributed by atoms with Crippen molar-refractivity contribution in [2.45, 2.75) is 37.5 Å². The standard InChI is InChI=1S/C10H10F4N2/c11-7-3-5(4-16)8(12)10(14)6(1-2-15)9(7)13/h5-10H,1,3H2/t5?,6-,7-,8+,9+,10-/m1/s1. The zero-order valence-electron chi connectivity index (χ0n) is 8.28. The van der Waals surface area contributed by atoms with Gasteiger partial charge in [0.2, 0.25) is 0 Å². The molecule has 0 aromatic rings. The van der Waals surface area contributed by atoms with Gasteiger partial charge in [-0.3, -0.25) is 0 Å². The average Bonchev–Trinajstić information content (AvgIpc) is 2.35. The quantitative estimate of drug-likeness (QED) is 0.516. The second-order valence-electron chi connectivity index (χ2n) is 3.85. The Morgan fingerprint density at radius 1 is 1.00 bits per heavy atom. The maximum atomic E-state index is 13.5. The molecule has 0 amide bonds. The maximum absolute atomic E-state index is 13.5. The lowest BCUT2D eigenvalue weighted by molar-refractivity contribution is 0.0494. The van der Waals surface area contributed by atoms with Gasteiger partial charge in [-0.05, 0) is 0 Å². The first-order chi connectivity index (χ1) is 7.52. The zero-order chi connectivity index (χ0) is 12.3. The Balaban J connectivity index is 2.95. The zero-order valence-corrected chi connectivity index (χ0v) is 8.28. The van der Waals surface area contributed by atoms with E-state index in [-0.39, 0.29) is 0 Å².